The second kappa shape index (κ2) is 8.46. The molecule has 0 amide bonds. The fourth-order valence-electron chi connectivity index (χ4n) is 1.82. The Morgan fingerprint density at radius 3 is 2.50 bits per heavy atom. The van der Waals surface area contributed by atoms with Crippen molar-refractivity contribution < 1.29 is 0 Å². The van der Waals surface area contributed by atoms with Crippen LogP contribution >= 0.6 is 0 Å². The predicted octanol–water partition coefficient (Wildman–Crippen LogP) is 2.46. The average Bonchev–Trinajstić information content (AvgIpc) is 2.44. The standard InChI is InChI=1S/C16H28N4/c1-13(2)10-11-18-16(17)19-12-14(3)20(4)15-8-6-5-7-9-15/h5-9,13-14H,10-12H2,1-4H3,(H3,17,18,19). The summed E-state index contributed by atoms with van der Waals surface area (Å²) < 4.78 is 0. The van der Waals surface area contributed by atoms with Gasteiger partial charge in [0.25, 0.3) is 0 Å². The molecule has 1 aromatic rings. The lowest BCUT2D eigenvalue weighted by molar-refractivity contribution is 0.576. The summed E-state index contributed by atoms with van der Waals surface area (Å²) in [6.07, 6.45) is 1.11. The van der Waals surface area contributed by atoms with Crippen molar-refractivity contribution in [3.63, 3.8) is 0 Å². The number of hydrogen-bond donors (Lipinski definition) is 2. The molecule has 0 heterocycles. The quantitative estimate of drug-likeness (QED) is 0.594. The van der Waals surface area contributed by atoms with Gasteiger partial charge in [-0.25, -0.2) is 0 Å². The van der Waals surface area contributed by atoms with Crippen molar-refractivity contribution in [2.75, 3.05) is 25.0 Å². The molecule has 112 valence electrons. The van der Waals surface area contributed by atoms with Crippen LogP contribution in [0.1, 0.15) is 27.2 Å². The van der Waals surface area contributed by atoms with E-state index < -0.39 is 0 Å². The molecule has 20 heavy (non-hydrogen) atoms. The second-order valence-corrected chi connectivity index (χ2v) is 5.63. The lowest BCUT2D eigenvalue weighted by Gasteiger charge is -2.25. The zero-order valence-corrected chi connectivity index (χ0v) is 13.1. The van der Waals surface area contributed by atoms with Crippen LogP contribution in [0.25, 0.3) is 0 Å². The molecule has 1 atom stereocenters. The van der Waals surface area contributed by atoms with Crippen LogP contribution in [0.5, 0.6) is 0 Å². The molecule has 3 N–H and O–H groups in total. The summed E-state index contributed by atoms with van der Waals surface area (Å²) in [5, 5.41) is 3.16. The fourth-order valence-corrected chi connectivity index (χ4v) is 1.82. The minimum atomic E-state index is 0.308. The third kappa shape index (κ3) is 5.95. The first kappa shape index (κ1) is 16.3. The van der Waals surface area contributed by atoms with Gasteiger partial charge in [0.15, 0.2) is 5.96 Å². The number of nitrogens with zero attached hydrogens (tertiary/aromatic N) is 2. The molecule has 4 heteroatoms. The summed E-state index contributed by atoms with van der Waals surface area (Å²) in [5.41, 5.74) is 7.06. The van der Waals surface area contributed by atoms with Crippen LogP contribution < -0.4 is 16.0 Å². The number of rotatable bonds is 7. The number of benzene rings is 1. The molecule has 0 aliphatic carbocycles. The van der Waals surface area contributed by atoms with Gasteiger partial charge < -0.3 is 16.0 Å². The summed E-state index contributed by atoms with van der Waals surface area (Å²) in [5.74, 6) is 1.22. The predicted molar refractivity (Wildman–Crippen MR) is 88.3 cm³/mol. The fraction of sp³-hybridized carbons (Fsp3) is 0.562. The molecule has 0 radical (unpaired) electrons. The average molecular weight is 276 g/mol. The van der Waals surface area contributed by atoms with Crippen molar-refractivity contribution in [1.29, 1.82) is 0 Å². The highest BCUT2D eigenvalue weighted by molar-refractivity contribution is 5.77. The number of hydrogen-bond acceptors (Lipinski definition) is 2. The largest absolute Gasteiger partial charge is 0.370 e. The summed E-state index contributed by atoms with van der Waals surface area (Å²) in [7, 11) is 2.08. The van der Waals surface area contributed by atoms with Crippen LogP contribution in [0.4, 0.5) is 5.69 Å². The van der Waals surface area contributed by atoms with E-state index in [1.807, 2.05) is 18.2 Å². The van der Waals surface area contributed by atoms with E-state index in [9.17, 15) is 0 Å². The molecular weight excluding hydrogens is 248 g/mol. The van der Waals surface area contributed by atoms with Gasteiger partial charge in [-0.1, -0.05) is 32.0 Å². The van der Waals surface area contributed by atoms with Gasteiger partial charge in [-0.2, -0.15) is 0 Å². The number of para-hydroxylation sites is 1. The van der Waals surface area contributed by atoms with E-state index in [1.54, 1.807) is 0 Å². The van der Waals surface area contributed by atoms with E-state index in [0.29, 0.717) is 24.5 Å². The van der Waals surface area contributed by atoms with E-state index >= 15 is 0 Å². The smallest absolute Gasteiger partial charge is 0.188 e. The van der Waals surface area contributed by atoms with Crippen molar-refractivity contribution in [2.24, 2.45) is 16.6 Å². The van der Waals surface area contributed by atoms with Crippen molar-refractivity contribution in [3.8, 4) is 0 Å². The first-order valence-electron chi connectivity index (χ1n) is 7.32. The van der Waals surface area contributed by atoms with Crippen LogP contribution in [0.2, 0.25) is 0 Å². The number of nitrogens with two attached hydrogens (primary N) is 1. The van der Waals surface area contributed by atoms with E-state index in [2.05, 4.69) is 55.2 Å². The van der Waals surface area contributed by atoms with Crippen LogP contribution in [-0.2, 0) is 0 Å². The van der Waals surface area contributed by atoms with Gasteiger partial charge in [-0.3, -0.25) is 4.99 Å². The van der Waals surface area contributed by atoms with E-state index in [-0.39, 0.29) is 0 Å². The zero-order valence-electron chi connectivity index (χ0n) is 13.1. The van der Waals surface area contributed by atoms with Gasteiger partial charge in [-0.05, 0) is 31.4 Å². The number of anilines is 1. The summed E-state index contributed by atoms with van der Waals surface area (Å²) in [6, 6.07) is 10.6. The van der Waals surface area contributed by atoms with Gasteiger partial charge in [0.1, 0.15) is 0 Å². The van der Waals surface area contributed by atoms with Gasteiger partial charge >= 0.3 is 0 Å². The Bertz CT molecular complexity index is 400. The van der Waals surface area contributed by atoms with E-state index in [4.69, 9.17) is 5.73 Å². The Hall–Kier alpha value is -1.71. The maximum Gasteiger partial charge on any atom is 0.188 e. The maximum atomic E-state index is 5.87. The molecule has 0 bridgehead atoms. The minimum absolute atomic E-state index is 0.308. The van der Waals surface area contributed by atoms with Crippen molar-refractivity contribution in [2.45, 2.75) is 33.2 Å². The number of guanidine groups is 1. The van der Waals surface area contributed by atoms with Gasteiger partial charge in [0, 0.05) is 25.3 Å². The Morgan fingerprint density at radius 1 is 1.25 bits per heavy atom. The third-order valence-electron chi connectivity index (χ3n) is 3.38. The Balaban J connectivity index is 2.39. The van der Waals surface area contributed by atoms with Gasteiger partial charge in [0.2, 0.25) is 0 Å². The highest BCUT2D eigenvalue weighted by atomic mass is 15.2. The molecule has 0 aromatic heterocycles. The van der Waals surface area contributed by atoms with E-state index in [0.717, 1.165) is 13.0 Å². The number of likely N-dealkylation sites (N-methyl/N-ethyl adjacent to an activating group) is 1. The molecule has 1 aromatic carbocycles. The maximum absolute atomic E-state index is 5.87. The first-order chi connectivity index (χ1) is 9.50. The van der Waals surface area contributed by atoms with Crippen molar-refractivity contribution >= 4 is 11.6 Å². The lowest BCUT2D eigenvalue weighted by Crippen LogP contribution is -2.36. The van der Waals surface area contributed by atoms with Gasteiger partial charge in [-0.15, -0.1) is 0 Å². The minimum Gasteiger partial charge on any atom is -0.370 e. The van der Waals surface area contributed by atoms with Crippen LogP contribution in [0.15, 0.2) is 35.3 Å². The number of nitrogens with one attached hydrogen (secondary N) is 1. The Labute approximate surface area is 123 Å². The monoisotopic (exact) mass is 276 g/mol. The molecule has 1 rings (SSSR count). The van der Waals surface area contributed by atoms with E-state index in [1.165, 1.54) is 5.69 Å². The van der Waals surface area contributed by atoms with Gasteiger partial charge in [0.05, 0.1) is 6.54 Å². The highest BCUT2D eigenvalue weighted by Crippen LogP contribution is 2.13. The normalized spacial score (nSPS) is 13.3. The zero-order chi connectivity index (χ0) is 15.0. The Morgan fingerprint density at radius 2 is 1.90 bits per heavy atom. The van der Waals surface area contributed by atoms with Crippen molar-refractivity contribution in [3.05, 3.63) is 30.3 Å². The highest BCUT2D eigenvalue weighted by Gasteiger charge is 2.08. The molecule has 1 unspecified atom stereocenters. The Kier molecular flexibility index (Phi) is 6.91. The SMILES string of the molecule is CC(C)CCNC(N)=NCC(C)N(C)c1ccccc1. The number of aliphatic imine (C=N–C) groups is 1. The molecule has 0 spiro atoms. The van der Waals surface area contributed by atoms with Crippen LogP contribution in [-0.4, -0.2) is 32.1 Å². The third-order valence-corrected chi connectivity index (χ3v) is 3.38. The summed E-state index contributed by atoms with van der Waals surface area (Å²) in [4.78, 5) is 6.62. The summed E-state index contributed by atoms with van der Waals surface area (Å²) in [6.45, 7) is 8.12. The summed E-state index contributed by atoms with van der Waals surface area (Å²) >= 11 is 0. The second-order valence-electron chi connectivity index (χ2n) is 5.63. The van der Waals surface area contributed by atoms with Crippen LogP contribution in [0, 0.1) is 5.92 Å². The molecular formula is C16H28N4. The van der Waals surface area contributed by atoms with Crippen LogP contribution in [0.3, 0.4) is 0 Å². The molecule has 4 nitrogen and oxygen atoms in total. The molecule has 0 fully saturated rings. The topological polar surface area (TPSA) is 53.6 Å². The molecule has 0 saturated heterocycles. The lowest BCUT2D eigenvalue weighted by atomic mass is 10.1. The molecule has 0 aliphatic rings. The first-order valence-corrected chi connectivity index (χ1v) is 7.32. The van der Waals surface area contributed by atoms with Crippen molar-refractivity contribution in [1.82, 2.24) is 5.32 Å². The molecule has 0 aliphatic heterocycles. The molecule has 0 saturated carbocycles.